The summed E-state index contributed by atoms with van der Waals surface area (Å²) in [5, 5.41) is 0.915. The molecule has 1 fully saturated rings. The van der Waals surface area contributed by atoms with Crippen molar-refractivity contribution in [2.45, 2.75) is 57.5 Å². The highest BCUT2D eigenvalue weighted by Gasteiger charge is 2.36. The molecule has 0 aromatic heterocycles. The van der Waals surface area contributed by atoms with Crippen molar-refractivity contribution in [3.05, 3.63) is 30.3 Å². The van der Waals surface area contributed by atoms with E-state index in [2.05, 4.69) is 6.92 Å². The fourth-order valence-electron chi connectivity index (χ4n) is 2.79. The van der Waals surface area contributed by atoms with Gasteiger partial charge in [0.1, 0.15) is 0 Å². The summed E-state index contributed by atoms with van der Waals surface area (Å²) in [5.41, 5.74) is 0.237. The molecule has 0 heterocycles. The van der Waals surface area contributed by atoms with Crippen LogP contribution in [0, 0.1) is 0 Å². The molecule has 106 valence electrons. The third-order valence-electron chi connectivity index (χ3n) is 3.95. The first-order valence-electron chi connectivity index (χ1n) is 7.57. The Balaban J connectivity index is 2.19. The van der Waals surface area contributed by atoms with E-state index < -0.39 is 7.37 Å². The highest BCUT2D eigenvalue weighted by molar-refractivity contribution is 7.67. The molecule has 3 heteroatoms. The Morgan fingerprint density at radius 2 is 1.84 bits per heavy atom. The van der Waals surface area contributed by atoms with Crippen molar-refractivity contribution < 1.29 is 9.09 Å². The second kappa shape index (κ2) is 7.26. The van der Waals surface area contributed by atoms with Crippen LogP contribution in [0.1, 0.15) is 51.9 Å². The Hall–Kier alpha value is -0.590. The van der Waals surface area contributed by atoms with Gasteiger partial charge in [0, 0.05) is 11.0 Å². The van der Waals surface area contributed by atoms with Crippen LogP contribution in [-0.4, -0.2) is 12.3 Å². The largest absolute Gasteiger partial charge is 0.325 e. The molecule has 1 unspecified atom stereocenters. The van der Waals surface area contributed by atoms with Crippen LogP contribution in [0.2, 0.25) is 0 Å². The van der Waals surface area contributed by atoms with Crippen molar-refractivity contribution in [2.75, 3.05) is 6.61 Å². The van der Waals surface area contributed by atoms with Gasteiger partial charge in [-0.15, -0.1) is 0 Å². The number of rotatable bonds is 6. The molecule has 1 aliphatic rings. The van der Waals surface area contributed by atoms with E-state index in [0.29, 0.717) is 6.61 Å². The Morgan fingerprint density at radius 3 is 2.47 bits per heavy atom. The minimum atomic E-state index is -2.68. The van der Waals surface area contributed by atoms with Crippen molar-refractivity contribution in [1.29, 1.82) is 0 Å². The van der Waals surface area contributed by atoms with Crippen molar-refractivity contribution in [2.24, 2.45) is 0 Å². The average Bonchev–Trinajstić information content (AvgIpc) is 2.49. The third kappa shape index (κ3) is 3.70. The van der Waals surface area contributed by atoms with Crippen LogP contribution in [0.3, 0.4) is 0 Å². The zero-order chi connectivity index (χ0) is 13.6. The van der Waals surface area contributed by atoms with Crippen LogP contribution in [0.15, 0.2) is 30.3 Å². The Labute approximate surface area is 117 Å². The molecular weight excluding hydrogens is 255 g/mol. The summed E-state index contributed by atoms with van der Waals surface area (Å²) >= 11 is 0. The van der Waals surface area contributed by atoms with Gasteiger partial charge in [0.05, 0.1) is 6.61 Å². The third-order valence-corrected chi connectivity index (χ3v) is 7.01. The molecule has 19 heavy (non-hydrogen) atoms. The topological polar surface area (TPSA) is 26.3 Å². The molecule has 0 saturated heterocycles. The molecule has 2 nitrogen and oxygen atoms in total. The SMILES string of the molecule is CCCCOP(=O)(c1ccccc1)C1CCCCC1. The van der Waals surface area contributed by atoms with Gasteiger partial charge >= 0.3 is 0 Å². The summed E-state index contributed by atoms with van der Waals surface area (Å²) in [5.74, 6) is 0. The maximum Gasteiger partial charge on any atom is 0.235 e. The zero-order valence-corrected chi connectivity index (χ0v) is 12.8. The first-order valence-corrected chi connectivity index (χ1v) is 9.26. The van der Waals surface area contributed by atoms with E-state index in [1.807, 2.05) is 30.3 Å². The van der Waals surface area contributed by atoms with E-state index in [9.17, 15) is 4.57 Å². The van der Waals surface area contributed by atoms with Crippen molar-refractivity contribution in [3.63, 3.8) is 0 Å². The molecule has 1 saturated carbocycles. The zero-order valence-electron chi connectivity index (χ0n) is 11.9. The second-order valence-electron chi connectivity index (χ2n) is 5.41. The maximum atomic E-state index is 13.4. The van der Waals surface area contributed by atoms with E-state index in [1.165, 1.54) is 19.3 Å². The minimum Gasteiger partial charge on any atom is -0.325 e. The smallest absolute Gasteiger partial charge is 0.235 e. The second-order valence-corrected chi connectivity index (χ2v) is 8.11. The number of unbranched alkanes of at least 4 members (excludes halogenated alkanes) is 1. The summed E-state index contributed by atoms with van der Waals surface area (Å²) < 4.78 is 19.4. The van der Waals surface area contributed by atoms with Gasteiger partial charge < -0.3 is 4.52 Å². The van der Waals surface area contributed by atoms with Crippen LogP contribution in [0.4, 0.5) is 0 Å². The Bertz CT molecular complexity index is 410. The standard InChI is InChI=1S/C16H25O2P/c1-2-3-14-18-19(17,15-10-6-4-7-11-15)16-12-8-5-9-13-16/h4,6-7,10-11,16H,2-3,5,8-9,12-14H2,1H3. The molecule has 2 rings (SSSR count). The molecule has 0 aliphatic heterocycles. The fraction of sp³-hybridized carbons (Fsp3) is 0.625. The maximum absolute atomic E-state index is 13.4. The van der Waals surface area contributed by atoms with Crippen molar-refractivity contribution in [1.82, 2.24) is 0 Å². The first-order chi connectivity index (χ1) is 9.27. The predicted octanol–water partition coefficient (Wildman–Crippen LogP) is 4.74. The number of hydrogen-bond acceptors (Lipinski definition) is 2. The van der Waals surface area contributed by atoms with Crippen LogP contribution in [0.5, 0.6) is 0 Å². The lowest BCUT2D eigenvalue weighted by atomic mass is 10.0. The minimum absolute atomic E-state index is 0.237. The van der Waals surface area contributed by atoms with E-state index in [4.69, 9.17) is 4.52 Å². The van der Waals surface area contributed by atoms with Gasteiger partial charge in [-0.2, -0.15) is 0 Å². The van der Waals surface area contributed by atoms with Gasteiger partial charge in [0.25, 0.3) is 0 Å². The van der Waals surface area contributed by atoms with Crippen molar-refractivity contribution in [3.8, 4) is 0 Å². The Morgan fingerprint density at radius 1 is 1.16 bits per heavy atom. The van der Waals surface area contributed by atoms with Gasteiger partial charge in [0.2, 0.25) is 7.37 Å². The lowest BCUT2D eigenvalue weighted by Gasteiger charge is -2.30. The van der Waals surface area contributed by atoms with E-state index in [0.717, 1.165) is 31.0 Å². The molecule has 1 atom stereocenters. The highest BCUT2D eigenvalue weighted by atomic mass is 31.2. The van der Waals surface area contributed by atoms with Gasteiger partial charge in [0.15, 0.2) is 0 Å². The molecule has 0 amide bonds. The van der Waals surface area contributed by atoms with Gasteiger partial charge in [-0.05, 0) is 31.4 Å². The molecule has 0 spiro atoms. The normalized spacial score (nSPS) is 20.1. The van der Waals surface area contributed by atoms with E-state index in [1.54, 1.807) is 0 Å². The van der Waals surface area contributed by atoms with Crippen molar-refractivity contribution >= 4 is 12.7 Å². The van der Waals surface area contributed by atoms with Crippen LogP contribution in [-0.2, 0) is 9.09 Å². The monoisotopic (exact) mass is 280 g/mol. The fourth-order valence-corrected chi connectivity index (χ4v) is 5.61. The molecule has 0 radical (unpaired) electrons. The molecular formula is C16H25O2P. The lowest BCUT2D eigenvalue weighted by Crippen LogP contribution is -2.22. The lowest BCUT2D eigenvalue weighted by molar-refractivity contribution is 0.298. The Kier molecular flexibility index (Phi) is 5.66. The highest BCUT2D eigenvalue weighted by Crippen LogP contribution is 2.55. The summed E-state index contributed by atoms with van der Waals surface area (Å²) in [6.07, 6.45) is 7.84. The van der Waals surface area contributed by atoms with Crippen LogP contribution >= 0.6 is 7.37 Å². The predicted molar refractivity (Wildman–Crippen MR) is 81.4 cm³/mol. The molecule has 1 aliphatic carbocycles. The molecule has 1 aromatic carbocycles. The van der Waals surface area contributed by atoms with Gasteiger partial charge in [-0.1, -0.05) is 50.8 Å². The summed E-state index contributed by atoms with van der Waals surface area (Å²) in [7, 11) is -2.68. The number of hydrogen-bond donors (Lipinski definition) is 0. The van der Waals surface area contributed by atoms with Gasteiger partial charge in [-0.25, -0.2) is 0 Å². The van der Waals surface area contributed by atoms with Gasteiger partial charge in [-0.3, -0.25) is 4.57 Å². The van der Waals surface area contributed by atoms with E-state index in [-0.39, 0.29) is 5.66 Å². The first kappa shape index (κ1) is 14.8. The molecule has 0 bridgehead atoms. The van der Waals surface area contributed by atoms with Crippen LogP contribution in [0.25, 0.3) is 0 Å². The van der Waals surface area contributed by atoms with E-state index >= 15 is 0 Å². The summed E-state index contributed by atoms with van der Waals surface area (Å²) in [4.78, 5) is 0. The quantitative estimate of drug-likeness (QED) is 0.555. The number of benzene rings is 1. The summed E-state index contributed by atoms with van der Waals surface area (Å²) in [6, 6.07) is 9.85. The molecule has 1 aromatic rings. The molecule has 0 N–H and O–H groups in total. The average molecular weight is 280 g/mol. The van der Waals surface area contributed by atoms with Crippen LogP contribution < -0.4 is 5.30 Å². The summed E-state index contributed by atoms with van der Waals surface area (Å²) in [6.45, 7) is 2.76.